The molecule has 0 spiro atoms. The number of hydrogen-bond donors (Lipinski definition) is 2. The zero-order chi connectivity index (χ0) is 14.6. The second-order valence-electron chi connectivity index (χ2n) is 3.83. The van der Waals surface area contributed by atoms with E-state index in [2.05, 4.69) is 4.72 Å². The Kier molecular flexibility index (Phi) is 5.24. The number of nitrogens with one attached hydrogen (secondary N) is 1. The minimum atomic E-state index is -3.85. The highest BCUT2D eigenvalue weighted by Crippen LogP contribution is 2.27. The average molecular weight is 308 g/mol. The van der Waals surface area contributed by atoms with Crippen LogP contribution in [-0.2, 0) is 10.0 Å². The van der Waals surface area contributed by atoms with Crippen LogP contribution in [-0.4, -0.2) is 25.9 Å². The van der Waals surface area contributed by atoms with Gasteiger partial charge in [0.25, 0.3) is 5.69 Å². The van der Waals surface area contributed by atoms with Crippen molar-refractivity contribution in [2.75, 3.05) is 6.54 Å². The number of hydrogen-bond acceptors (Lipinski definition) is 5. The highest BCUT2D eigenvalue weighted by Gasteiger charge is 2.22. The van der Waals surface area contributed by atoms with Crippen LogP contribution in [0.25, 0.3) is 0 Å². The molecule has 1 aromatic carbocycles. The summed E-state index contributed by atoms with van der Waals surface area (Å²) in [4.78, 5) is 9.77. The van der Waals surface area contributed by atoms with Gasteiger partial charge in [-0.15, -0.1) is 0 Å². The molecule has 0 heterocycles. The van der Waals surface area contributed by atoms with Crippen molar-refractivity contribution in [3.8, 4) is 0 Å². The minimum Gasteiger partial charge on any atom is -0.329 e. The molecule has 1 unspecified atom stereocenters. The zero-order valence-corrected chi connectivity index (χ0v) is 11.7. The molecule has 9 heteroatoms. The molecular weight excluding hydrogens is 294 g/mol. The lowest BCUT2D eigenvalue weighted by Gasteiger charge is -2.14. The smallest absolute Gasteiger partial charge is 0.289 e. The highest BCUT2D eigenvalue weighted by molar-refractivity contribution is 7.89. The van der Waals surface area contributed by atoms with Gasteiger partial charge in [0.1, 0.15) is 5.02 Å². The van der Waals surface area contributed by atoms with Crippen LogP contribution in [0.4, 0.5) is 5.69 Å². The second kappa shape index (κ2) is 6.29. The van der Waals surface area contributed by atoms with Crippen LogP contribution in [0.3, 0.4) is 0 Å². The van der Waals surface area contributed by atoms with Crippen molar-refractivity contribution < 1.29 is 13.3 Å². The van der Waals surface area contributed by atoms with E-state index in [9.17, 15) is 18.5 Å². The van der Waals surface area contributed by atoms with Crippen LogP contribution in [0.15, 0.2) is 23.1 Å². The van der Waals surface area contributed by atoms with E-state index < -0.39 is 26.7 Å². The first kappa shape index (κ1) is 15.8. The van der Waals surface area contributed by atoms with Gasteiger partial charge in [0.2, 0.25) is 10.0 Å². The maximum atomic E-state index is 12.0. The summed E-state index contributed by atoms with van der Waals surface area (Å²) < 4.78 is 26.4. The van der Waals surface area contributed by atoms with E-state index in [0.29, 0.717) is 6.42 Å². The Morgan fingerprint density at radius 3 is 2.63 bits per heavy atom. The summed E-state index contributed by atoms with van der Waals surface area (Å²) in [6.07, 6.45) is 0.519. The predicted octanol–water partition coefficient (Wildman–Crippen LogP) is 1.26. The van der Waals surface area contributed by atoms with E-state index in [-0.39, 0.29) is 16.5 Å². The molecule has 0 radical (unpaired) electrons. The molecular formula is C10H14ClN3O4S. The van der Waals surface area contributed by atoms with Crippen LogP contribution in [0, 0.1) is 10.1 Å². The van der Waals surface area contributed by atoms with Crippen molar-refractivity contribution in [3.05, 3.63) is 33.3 Å². The lowest BCUT2D eigenvalue weighted by molar-refractivity contribution is -0.384. The molecule has 0 aliphatic carbocycles. The lowest BCUT2D eigenvalue weighted by Crippen LogP contribution is -2.39. The van der Waals surface area contributed by atoms with Crippen molar-refractivity contribution in [2.24, 2.45) is 5.73 Å². The summed E-state index contributed by atoms with van der Waals surface area (Å²) in [6, 6.07) is 2.90. The maximum Gasteiger partial charge on any atom is 0.289 e. The Labute approximate surface area is 115 Å². The molecule has 7 nitrogen and oxygen atoms in total. The Hall–Kier alpha value is -1.22. The van der Waals surface area contributed by atoms with Crippen molar-refractivity contribution in [2.45, 2.75) is 24.3 Å². The fourth-order valence-electron chi connectivity index (χ4n) is 1.39. The average Bonchev–Trinajstić information content (AvgIpc) is 2.35. The summed E-state index contributed by atoms with van der Waals surface area (Å²) >= 11 is 5.62. The number of rotatable bonds is 6. The molecule has 106 valence electrons. The fourth-order valence-corrected chi connectivity index (χ4v) is 2.92. The third-order valence-corrected chi connectivity index (χ3v) is 4.36. The Morgan fingerprint density at radius 1 is 1.53 bits per heavy atom. The van der Waals surface area contributed by atoms with Gasteiger partial charge in [-0.2, -0.15) is 0 Å². The maximum absolute atomic E-state index is 12.0. The molecule has 1 atom stereocenters. The van der Waals surface area contributed by atoms with Gasteiger partial charge in [0.15, 0.2) is 0 Å². The molecule has 0 saturated heterocycles. The van der Waals surface area contributed by atoms with Gasteiger partial charge in [-0.3, -0.25) is 10.1 Å². The largest absolute Gasteiger partial charge is 0.329 e. The Balaban J connectivity index is 3.15. The van der Waals surface area contributed by atoms with Gasteiger partial charge in [0.05, 0.1) is 9.82 Å². The summed E-state index contributed by atoms with van der Waals surface area (Å²) in [6.45, 7) is 1.93. The fraction of sp³-hybridized carbons (Fsp3) is 0.400. The molecule has 1 aromatic rings. The van der Waals surface area contributed by atoms with E-state index in [1.54, 1.807) is 6.92 Å². The van der Waals surface area contributed by atoms with Crippen molar-refractivity contribution >= 4 is 27.3 Å². The van der Waals surface area contributed by atoms with Gasteiger partial charge < -0.3 is 5.73 Å². The first-order valence-corrected chi connectivity index (χ1v) is 7.34. The zero-order valence-electron chi connectivity index (χ0n) is 10.2. The minimum absolute atomic E-state index is 0.116. The summed E-state index contributed by atoms with van der Waals surface area (Å²) in [5.41, 5.74) is 4.96. The topological polar surface area (TPSA) is 115 Å². The van der Waals surface area contributed by atoms with Crippen LogP contribution < -0.4 is 10.5 Å². The molecule has 0 fully saturated rings. The van der Waals surface area contributed by atoms with Gasteiger partial charge in [-0.25, -0.2) is 13.1 Å². The van der Waals surface area contributed by atoms with E-state index in [1.807, 2.05) is 0 Å². The van der Waals surface area contributed by atoms with Gasteiger partial charge in [-0.05, 0) is 18.6 Å². The number of sulfonamides is 1. The molecule has 1 rings (SSSR count). The lowest BCUT2D eigenvalue weighted by atomic mass is 10.2. The molecule has 19 heavy (non-hydrogen) atoms. The van der Waals surface area contributed by atoms with Crippen molar-refractivity contribution in [1.82, 2.24) is 4.72 Å². The summed E-state index contributed by atoms with van der Waals surface area (Å²) in [5.74, 6) is 0. The van der Waals surface area contributed by atoms with Crippen molar-refractivity contribution in [1.29, 1.82) is 0 Å². The van der Waals surface area contributed by atoms with E-state index in [4.69, 9.17) is 17.3 Å². The van der Waals surface area contributed by atoms with Gasteiger partial charge >= 0.3 is 0 Å². The first-order chi connectivity index (χ1) is 8.81. The summed E-state index contributed by atoms with van der Waals surface area (Å²) in [5, 5.41) is 10.6. The molecule has 0 bridgehead atoms. The number of nitrogens with two attached hydrogens (primary N) is 1. The number of nitro groups is 1. The predicted molar refractivity (Wildman–Crippen MR) is 71.6 cm³/mol. The highest BCUT2D eigenvalue weighted by atomic mass is 35.5. The molecule has 0 saturated carbocycles. The summed E-state index contributed by atoms with van der Waals surface area (Å²) in [7, 11) is -3.85. The standard InChI is InChI=1S/C10H14ClN3O4S/c1-2-7(6-12)13-19(17,18)8-3-4-9(11)10(5-8)14(15)16/h3-5,7,13H,2,6,12H2,1H3. The third-order valence-electron chi connectivity index (χ3n) is 2.52. The Morgan fingerprint density at radius 2 is 2.16 bits per heavy atom. The third kappa shape index (κ3) is 3.87. The molecule has 0 amide bonds. The van der Waals surface area contributed by atoms with E-state index in [1.165, 1.54) is 12.1 Å². The second-order valence-corrected chi connectivity index (χ2v) is 5.95. The number of halogens is 1. The van der Waals surface area contributed by atoms with Gasteiger partial charge in [-0.1, -0.05) is 18.5 Å². The van der Waals surface area contributed by atoms with Crippen LogP contribution in [0.2, 0.25) is 5.02 Å². The van der Waals surface area contributed by atoms with E-state index in [0.717, 1.165) is 6.07 Å². The van der Waals surface area contributed by atoms with Crippen LogP contribution in [0.5, 0.6) is 0 Å². The Bertz CT molecular complexity index is 572. The SMILES string of the molecule is CCC(CN)NS(=O)(=O)c1ccc(Cl)c([N+](=O)[O-])c1. The van der Waals surface area contributed by atoms with Crippen LogP contribution >= 0.6 is 11.6 Å². The molecule has 3 N–H and O–H groups in total. The molecule has 0 aromatic heterocycles. The van der Waals surface area contributed by atoms with Crippen LogP contribution in [0.1, 0.15) is 13.3 Å². The van der Waals surface area contributed by atoms with Crippen molar-refractivity contribution in [3.63, 3.8) is 0 Å². The number of benzene rings is 1. The monoisotopic (exact) mass is 307 g/mol. The molecule has 0 aliphatic heterocycles. The van der Waals surface area contributed by atoms with Gasteiger partial charge in [0, 0.05) is 18.7 Å². The quantitative estimate of drug-likeness (QED) is 0.606. The molecule has 0 aliphatic rings. The number of nitro benzene ring substituents is 1. The first-order valence-electron chi connectivity index (χ1n) is 5.48. The normalized spacial score (nSPS) is 13.2. The van der Waals surface area contributed by atoms with E-state index >= 15 is 0 Å². The number of nitrogens with zero attached hydrogens (tertiary/aromatic N) is 1.